The molecule has 4 aliphatic rings. The van der Waals surface area contributed by atoms with E-state index < -0.39 is 112 Å². The summed E-state index contributed by atoms with van der Waals surface area (Å²) in [6.45, 7) is 5.78. The number of carbonyl (C=O) groups excluding carboxylic acids is 4. The Hall–Kier alpha value is -6.54. The van der Waals surface area contributed by atoms with Gasteiger partial charge in [0, 0.05) is 50.4 Å². The number of amides is 4. The smallest absolute Gasteiger partial charge is 0.274 e. The van der Waals surface area contributed by atoms with Crippen molar-refractivity contribution >= 4 is 23.6 Å². The van der Waals surface area contributed by atoms with E-state index in [0.717, 1.165) is 6.07 Å². The monoisotopic (exact) mass is 890 g/mol. The number of pyridine rings is 2. The van der Waals surface area contributed by atoms with Crippen LogP contribution < -0.4 is 32.1 Å². The van der Waals surface area contributed by atoms with E-state index in [9.17, 15) is 47.8 Å². The number of hydrogen-bond acceptors (Lipinski definition) is 10. The second-order valence-electron chi connectivity index (χ2n) is 16.2. The Balaban J connectivity index is 0.994. The summed E-state index contributed by atoms with van der Waals surface area (Å²) in [7, 11) is 0. The standard InChI is InChI=1S/C44H46F4N8O8/c1-4-49-26-14-23-18-53(6-3)43(63)35-39(59)37(57)28(33(26)55(23)35)42(62)52-17-22-11-10-20(31(47)32(22)48)12-13-54-19-24-15-27(50-5-2)34-29(38(58)40(60)36(44(54)64)56(24)34)41(61)51-16-21-8-7-9-25(45)30(21)46/h7-11,23-24,26-27,49-50,59-60H,4-6,12-19H2,1-3H3,(H,51,61)(H,52,62)/t23-,24-,26?,27+/m1/s1. The fourth-order valence-electron chi connectivity index (χ4n) is 9.70. The van der Waals surface area contributed by atoms with Crippen LogP contribution in [0.4, 0.5) is 17.6 Å². The predicted molar refractivity (Wildman–Crippen MR) is 221 cm³/mol. The Morgan fingerprint density at radius 3 is 1.64 bits per heavy atom. The van der Waals surface area contributed by atoms with Gasteiger partial charge in [-0.3, -0.25) is 28.8 Å². The van der Waals surface area contributed by atoms with Gasteiger partial charge >= 0.3 is 0 Å². The molecule has 4 aromatic rings. The van der Waals surface area contributed by atoms with Gasteiger partial charge in [0.2, 0.25) is 10.9 Å². The quantitative estimate of drug-likeness (QED) is 0.102. The van der Waals surface area contributed by atoms with E-state index in [1.54, 1.807) is 18.4 Å². The lowest BCUT2D eigenvalue weighted by atomic mass is 10.0. The second-order valence-corrected chi connectivity index (χ2v) is 16.2. The minimum atomic E-state index is -1.29. The molecule has 1 unspecified atom stereocenters. The van der Waals surface area contributed by atoms with Crippen molar-refractivity contribution in [1.29, 1.82) is 0 Å². The molecule has 4 aliphatic heterocycles. The molecule has 0 saturated carbocycles. The number of hydrogen-bond donors (Lipinski definition) is 6. The minimum absolute atomic E-state index is 0.0213. The van der Waals surface area contributed by atoms with Crippen LogP contribution >= 0.6 is 0 Å². The highest BCUT2D eigenvalue weighted by molar-refractivity contribution is 6.01. The van der Waals surface area contributed by atoms with Crippen molar-refractivity contribution in [3.05, 3.63) is 125 Å². The molecule has 0 saturated heterocycles. The van der Waals surface area contributed by atoms with Crippen LogP contribution in [0.5, 0.6) is 11.5 Å². The lowest BCUT2D eigenvalue weighted by Gasteiger charge is -2.34. The first-order valence-corrected chi connectivity index (χ1v) is 21.2. The first-order valence-electron chi connectivity index (χ1n) is 21.2. The van der Waals surface area contributed by atoms with Gasteiger partial charge in [0.1, 0.15) is 11.1 Å². The van der Waals surface area contributed by atoms with E-state index in [1.165, 1.54) is 38.6 Å². The van der Waals surface area contributed by atoms with Crippen LogP contribution in [-0.2, 0) is 19.5 Å². The first kappa shape index (κ1) is 44.1. The van der Waals surface area contributed by atoms with Crippen molar-refractivity contribution in [2.45, 2.75) is 77.3 Å². The number of likely N-dealkylation sites (N-methyl/N-ethyl adjacent to an activating group) is 1. The number of rotatable bonds is 14. The van der Waals surface area contributed by atoms with Crippen LogP contribution in [0.2, 0.25) is 0 Å². The minimum Gasteiger partial charge on any atom is -0.503 e. The van der Waals surface area contributed by atoms with Crippen LogP contribution in [0.25, 0.3) is 0 Å². The zero-order valence-electron chi connectivity index (χ0n) is 35.1. The van der Waals surface area contributed by atoms with Gasteiger partial charge in [-0.15, -0.1) is 0 Å². The van der Waals surface area contributed by atoms with Gasteiger partial charge in [-0.05, 0) is 50.9 Å². The summed E-state index contributed by atoms with van der Waals surface area (Å²) in [5.74, 6) is -9.95. The Morgan fingerprint density at radius 2 is 1.12 bits per heavy atom. The molecule has 0 bridgehead atoms. The van der Waals surface area contributed by atoms with E-state index in [0.29, 0.717) is 32.6 Å². The molecule has 6 N–H and O–H groups in total. The van der Waals surface area contributed by atoms with Gasteiger partial charge in [-0.25, -0.2) is 17.6 Å². The van der Waals surface area contributed by atoms with Gasteiger partial charge in [-0.1, -0.05) is 38.1 Å². The molecule has 6 heterocycles. The highest BCUT2D eigenvalue weighted by Crippen LogP contribution is 2.44. The maximum absolute atomic E-state index is 15.7. The summed E-state index contributed by atoms with van der Waals surface area (Å²) in [5, 5.41) is 33.5. The molecule has 8 rings (SSSR count). The zero-order chi connectivity index (χ0) is 45.9. The topological polar surface area (TPSA) is 207 Å². The maximum atomic E-state index is 15.7. The van der Waals surface area contributed by atoms with Crippen molar-refractivity contribution in [3.8, 4) is 11.5 Å². The van der Waals surface area contributed by atoms with Crippen LogP contribution in [0.3, 0.4) is 0 Å². The number of nitrogens with one attached hydrogen (secondary N) is 4. The molecule has 2 aromatic heterocycles. The molecule has 4 amide bonds. The largest absolute Gasteiger partial charge is 0.503 e. The molecule has 338 valence electrons. The Labute approximate surface area is 362 Å². The van der Waals surface area contributed by atoms with Crippen LogP contribution in [0, 0.1) is 23.3 Å². The normalized spacial score (nSPS) is 19.5. The molecule has 4 atom stereocenters. The van der Waals surface area contributed by atoms with E-state index >= 15 is 8.78 Å². The van der Waals surface area contributed by atoms with Crippen molar-refractivity contribution in [1.82, 2.24) is 40.2 Å². The van der Waals surface area contributed by atoms with Gasteiger partial charge in [0.25, 0.3) is 23.6 Å². The maximum Gasteiger partial charge on any atom is 0.274 e. The summed E-state index contributed by atoms with van der Waals surface area (Å²) < 4.78 is 62.5. The molecular formula is C44H46F4N8O8. The molecule has 0 fully saturated rings. The van der Waals surface area contributed by atoms with Gasteiger partial charge in [-0.2, -0.15) is 0 Å². The Kier molecular flexibility index (Phi) is 11.9. The molecule has 0 aliphatic carbocycles. The third-order valence-electron chi connectivity index (χ3n) is 12.6. The lowest BCUT2D eigenvalue weighted by molar-refractivity contribution is 0.0662. The fraction of sp³-hybridized carbons (Fsp3) is 0.409. The fourth-order valence-corrected chi connectivity index (χ4v) is 9.70. The van der Waals surface area contributed by atoms with Crippen molar-refractivity contribution < 1.29 is 47.0 Å². The first-order chi connectivity index (χ1) is 30.6. The average molecular weight is 891 g/mol. The molecule has 0 radical (unpaired) electrons. The van der Waals surface area contributed by atoms with Crippen LogP contribution in [0.1, 0.15) is 128 Å². The van der Waals surface area contributed by atoms with Crippen molar-refractivity contribution in [3.63, 3.8) is 0 Å². The molecule has 16 nitrogen and oxygen atoms in total. The summed E-state index contributed by atoms with van der Waals surface area (Å²) in [6, 6.07) is 3.96. The van der Waals surface area contributed by atoms with E-state index in [4.69, 9.17) is 0 Å². The number of halogens is 4. The lowest BCUT2D eigenvalue weighted by Crippen LogP contribution is -2.45. The number of carbonyl (C=O) groups is 4. The zero-order valence-corrected chi connectivity index (χ0v) is 35.1. The second kappa shape index (κ2) is 17.2. The SMILES string of the molecule is CCNC1C[C@@H]2CN(CC)C(=O)c3c(O)c(=O)c(C(=O)NCc4ccc(CCN5C[C@H]6C[C@H](NCC)c7c(C(=O)NCc8cccc(F)c8F)c(=O)c(O)c(n76)C5=O)c(F)c4F)c1n32. The molecule has 2 aromatic carbocycles. The van der Waals surface area contributed by atoms with Gasteiger partial charge in [0.05, 0.1) is 35.6 Å². The van der Waals surface area contributed by atoms with Crippen molar-refractivity contribution in [2.75, 3.05) is 39.3 Å². The highest BCUT2D eigenvalue weighted by atomic mass is 19.2. The molecule has 0 spiro atoms. The molecule has 64 heavy (non-hydrogen) atoms. The van der Waals surface area contributed by atoms with Crippen molar-refractivity contribution in [2.24, 2.45) is 0 Å². The number of benzene rings is 2. The van der Waals surface area contributed by atoms with Crippen LogP contribution in [-0.4, -0.2) is 92.0 Å². The van der Waals surface area contributed by atoms with Gasteiger partial charge < -0.3 is 50.4 Å². The predicted octanol–water partition coefficient (Wildman–Crippen LogP) is 3.20. The summed E-state index contributed by atoms with van der Waals surface area (Å²) >= 11 is 0. The third-order valence-corrected chi connectivity index (χ3v) is 12.6. The highest BCUT2D eigenvalue weighted by Gasteiger charge is 2.46. The van der Waals surface area contributed by atoms with Gasteiger partial charge in [0.15, 0.2) is 46.2 Å². The molecule has 20 heteroatoms. The average Bonchev–Trinajstić information content (AvgIpc) is 3.80. The third kappa shape index (κ3) is 7.17. The number of nitrogens with zero attached hydrogens (tertiary/aromatic N) is 4. The summed E-state index contributed by atoms with van der Waals surface area (Å²) in [4.78, 5) is 84.4. The Morgan fingerprint density at radius 1 is 0.656 bits per heavy atom. The van der Waals surface area contributed by atoms with E-state index in [1.807, 2.05) is 6.92 Å². The summed E-state index contributed by atoms with van der Waals surface area (Å²) in [5.41, 5.74) is -3.83. The number of aromatic nitrogens is 2. The van der Waals surface area contributed by atoms with E-state index in [2.05, 4.69) is 21.3 Å². The molecular weight excluding hydrogens is 845 g/mol. The van der Waals surface area contributed by atoms with Crippen LogP contribution in [0.15, 0.2) is 39.9 Å². The van der Waals surface area contributed by atoms with E-state index in [-0.39, 0.29) is 71.4 Å². The number of aromatic hydroxyl groups is 2. The Bertz CT molecular complexity index is 2760. The summed E-state index contributed by atoms with van der Waals surface area (Å²) in [6.07, 6.45) is 0.517.